The van der Waals surface area contributed by atoms with Crippen molar-refractivity contribution in [2.45, 2.75) is 19.4 Å². The molecule has 1 aromatic rings. The molecule has 4 nitrogen and oxygen atoms in total. The number of carbonyl (C=O) groups excluding carboxylic acids is 1. The summed E-state index contributed by atoms with van der Waals surface area (Å²) in [7, 11) is 0. The first-order valence-electron chi connectivity index (χ1n) is 7.25. The van der Waals surface area contributed by atoms with Crippen molar-refractivity contribution in [1.82, 2.24) is 9.80 Å². The summed E-state index contributed by atoms with van der Waals surface area (Å²) in [6.45, 7) is 7.12. The highest BCUT2D eigenvalue weighted by molar-refractivity contribution is 5.94. The van der Waals surface area contributed by atoms with E-state index in [-0.39, 0.29) is 5.91 Å². The van der Waals surface area contributed by atoms with Crippen LogP contribution >= 0.6 is 0 Å². The van der Waals surface area contributed by atoms with Crippen molar-refractivity contribution in [1.29, 1.82) is 0 Å². The molecule has 1 saturated heterocycles. The molecule has 1 amide bonds. The molecule has 1 aliphatic rings. The molecular weight excluding hydrogens is 264 g/mol. The van der Waals surface area contributed by atoms with Crippen molar-refractivity contribution in [2.75, 3.05) is 32.7 Å². The first-order chi connectivity index (χ1) is 9.94. The quantitative estimate of drug-likeness (QED) is 0.823. The van der Waals surface area contributed by atoms with Crippen molar-refractivity contribution in [3.05, 3.63) is 35.9 Å². The number of nitrogens with zero attached hydrogens (tertiary/aromatic N) is 2. The highest BCUT2D eigenvalue weighted by Crippen LogP contribution is 2.08. The molecule has 4 heteroatoms. The molecule has 1 fully saturated rings. The van der Waals surface area contributed by atoms with E-state index in [0.717, 1.165) is 18.7 Å². The smallest absolute Gasteiger partial charge is 0.298 e. The number of benzene rings is 1. The number of aliphatic hydroxyl groups is 1. The van der Waals surface area contributed by atoms with Crippen molar-refractivity contribution < 1.29 is 9.90 Å². The average molecular weight is 286 g/mol. The molecule has 0 spiro atoms. The van der Waals surface area contributed by atoms with Crippen LogP contribution in [0.25, 0.3) is 0 Å². The second kappa shape index (κ2) is 6.75. The number of hydrogen-bond donors (Lipinski definition) is 1. The zero-order valence-electron chi connectivity index (χ0n) is 12.7. The van der Waals surface area contributed by atoms with E-state index in [1.807, 2.05) is 30.3 Å². The second-order valence-corrected chi connectivity index (χ2v) is 6.00. The molecular formula is C17H22N2O2. The molecule has 0 radical (unpaired) electrons. The number of carbonyl (C=O) groups is 1. The molecule has 0 atom stereocenters. The van der Waals surface area contributed by atoms with E-state index in [1.165, 1.54) is 0 Å². The van der Waals surface area contributed by atoms with Crippen LogP contribution in [0.2, 0.25) is 0 Å². The van der Waals surface area contributed by atoms with Crippen LogP contribution in [0.1, 0.15) is 19.4 Å². The van der Waals surface area contributed by atoms with Crippen LogP contribution in [-0.2, 0) is 4.79 Å². The van der Waals surface area contributed by atoms with E-state index < -0.39 is 5.60 Å². The Bertz CT molecular complexity index is 529. The number of β-amino-alcohol motifs (C(OH)–C–C–N with tert-alkyl or cyclic N) is 1. The van der Waals surface area contributed by atoms with Crippen LogP contribution in [0, 0.1) is 11.8 Å². The largest absolute Gasteiger partial charge is 0.389 e. The highest BCUT2D eigenvalue weighted by atomic mass is 16.3. The molecule has 21 heavy (non-hydrogen) atoms. The van der Waals surface area contributed by atoms with Gasteiger partial charge in [0.15, 0.2) is 0 Å². The molecule has 0 unspecified atom stereocenters. The van der Waals surface area contributed by atoms with Crippen LogP contribution in [-0.4, -0.2) is 59.1 Å². The second-order valence-electron chi connectivity index (χ2n) is 6.00. The third-order valence-corrected chi connectivity index (χ3v) is 3.36. The molecule has 0 saturated carbocycles. The monoisotopic (exact) mass is 286 g/mol. The minimum atomic E-state index is -0.695. The van der Waals surface area contributed by atoms with Gasteiger partial charge in [0.25, 0.3) is 5.91 Å². The summed E-state index contributed by atoms with van der Waals surface area (Å²) in [5, 5.41) is 9.81. The van der Waals surface area contributed by atoms with Crippen molar-refractivity contribution >= 4 is 5.91 Å². The number of hydrogen-bond acceptors (Lipinski definition) is 3. The Kier molecular flexibility index (Phi) is 5.00. The molecule has 0 aliphatic carbocycles. The number of rotatable bonds is 2. The Morgan fingerprint density at radius 2 is 1.81 bits per heavy atom. The van der Waals surface area contributed by atoms with Crippen LogP contribution in [0.4, 0.5) is 0 Å². The molecule has 1 heterocycles. The van der Waals surface area contributed by atoms with Gasteiger partial charge >= 0.3 is 0 Å². The standard InChI is InChI=1S/C17H22N2O2/c1-17(2,21)14-18-10-12-19(13-11-18)16(20)9-8-15-6-4-3-5-7-15/h3-7,21H,10-14H2,1-2H3. The lowest BCUT2D eigenvalue weighted by Crippen LogP contribution is -2.51. The Morgan fingerprint density at radius 1 is 1.19 bits per heavy atom. The predicted molar refractivity (Wildman–Crippen MR) is 82.6 cm³/mol. The number of amides is 1. The normalized spacial score (nSPS) is 16.2. The maximum absolute atomic E-state index is 12.0. The van der Waals surface area contributed by atoms with Gasteiger partial charge in [0.1, 0.15) is 0 Å². The lowest BCUT2D eigenvalue weighted by atomic mass is 10.1. The van der Waals surface area contributed by atoms with Crippen molar-refractivity contribution in [3.63, 3.8) is 0 Å². The number of piperazine rings is 1. The van der Waals surface area contributed by atoms with Gasteiger partial charge in [-0.1, -0.05) is 24.1 Å². The van der Waals surface area contributed by atoms with Crippen LogP contribution in [0.15, 0.2) is 30.3 Å². The SMILES string of the molecule is CC(C)(O)CN1CCN(C(=O)C#Cc2ccccc2)CC1. The fourth-order valence-corrected chi connectivity index (χ4v) is 2.38. The zero-order valence-corrected chi connectivity index (χ0v) is 12.7. The Hall–Kier alpha value is -1.83. The topological polar surface area (TPSA) is 43.8 Å². The zero-order chi connectivity index (χ0) is 15.3. The molecule has 2 rings (SSSR count). The van der Waals surface area contributed by atoms with Crippen LogP contribution in [0.3, 0.4) is 0 Å². The average Bonchev–Trinajstić information content (AvgIpc) is 2.45. The van der Waals surface area contributed by atoms with Gasteiger partial charge in [0.05, 0.1) is 5.60 Å². The van der Waals surface area contributed by atoms with Crippen LogP contribution < -0.4 is 0 Å². The maximum atomic E-state index is 12.0. The summed E-state index contributed by atoms with van der Waals surface area (Å²) in [6.07, 6.45) is 0. The summed E-state index contributed by atoms with van der Waals surface area (Å²) >= 11 is 0. The van der Waals surface area contributed by atoms with Crippen molar-refractivity contribution in [3.8, 4) is 11.8 Å². The van der Waals surface area contributed by atoms with E-state index >= 15 is 0 Å². The van der Waals surface area contributed by atoms with Gasteiger partial charge in [-0.3, -0.25) is 9.69 Å². The van der Waals surface area contributed by atoms with E-state index in [0.29, 0.717) is 19.6 Å². The summed E-state index contributed by atoms with van der Waals surface area (Å²) in [5.74, 6) is 5.47. The summed E-state index contributed by atoms with van der Waals surface area (Å²) in [4.78, 5) is 16.0. The minimum absolute atomic E-state index is 0.123. The lowest BCUT2D eigenvalue weighted by Gasteiger charge is -2.36. The summed E-state index contributed by atoms with van der Waals surface area (Å²) in [5.41, 5.74) is 0.158. The predicted octanol–water partition coefficient (Wildman–Crippen LogP) is 0.953. The van der Waals surface area contributed by atoms with Gasteiger partial charge in [-0.05, 0) is 26.0 Å². The summed E-state index contributed by atoms with van der Waals surface area (Å²) < 4.78 is 0. The van der Waals surface area contributed by atoms with Gasteiger partial charge in [0, 0.05) is 44.2 Å². The van der Waals surface area contributed by atoms with Crippen LogP contribution in [0.5, 0.6) is 0 Å². The Labute approximate surface area is 126 Å². The molecule has 0 bridgehead atoms. The first-order valence-corrected chi connectivity index (χ1v) is 7.25. The van der Waals surface area contributed by atoms with Gasteiger partial charge < -0.3 is 10.0 Å². The minimum Gasteiger partial charge on any atom is -0.389 e. The molecule has 1 aromatic carbocycles. The fraction of sp³-hybridized carbons (Fsp3) is 0.471. The highest BCUT2D eigenvalue weighted by Gasteiger charge is 2.24. The van der Waals surface area contributed by atoms with E-state index in [9.17, 15) is 9.90 Å². The van der Waals surface area contributed by atoms with Gasteiger partial charge in [-0.2, -0.15) is 0 Å². The third-order valence-electron chi connectivity index (χ3n) is 3.36. The summed E-state index contributed by atoms with van der Waals surface area (Å²) in [6, 6.07) is 9.52. The molecule has 1 N–H and O–H groups in total. The van der Waals surface area contributed by atoms with Gasteiger partial charge in [-0.15, -0.1) is 0 Å². The molecule has 0 aromatic heterocycles. The Balaban J connectivity index is 1.85. The Morgan fingerprint density at radius 3 is 2.38 bits per heavy atom. The van der Waals surface area contributed by atoms with E-state index in [4.69, 9.17) is 0 Å². The first kappa shape index (κ1) is 15.6. The fourth-order valence-electron chi connectivity index (χ4n) is 2.38. The van der Waals surface area contributed by atoms with Gasteiger partial charge in [0.2, 0.25) is 0 Å². The molecule has 112 valence electrons. The van der Waals surface area contributed by atoms with E-state index in [2.05, 4.69) is 16.7 Å². The van der Waals surface area contributed by atoms with Crippen molar-refractivity contribution in [2.24, 2.45) is 0 Å². The van der Waals surface area contributed by atoms with E-state index in [1.54, 1.807) is 18.7 Å². The third kappa shape index (κ3) is 5.22. The van der Waals surface area contributed by atoms with Gasteiger partial charge in [-0.25, -0.2) is 0 Å². The maximum Gasteiger partial charge on any atom is 0.298 e. The lowest BCUT2D eigenvalue weighted by molar-refractivity contribution is -0.127. The molecule has 1 aliphatic heterocycles.